The minimum Gasteiger partial charge on any atom is -0.454 e. The highest BCUT2D eigenvalue weighted by Gasteiger charge is 2.22. The maximum atomic E-state index is 12.4. The van der Waals surface area contributed by atoms with Gasteiger partial charge in [-0.2, -0.15) is 0 Å². The Morgan fingerprint density at radius 3 is 2.73 bits per heavy atom. The van der Waals surface area contributed by atoms with Gasteiger partial charge in [0.05, 0.1) is 0 Å². The number of ether oxygens (including phenoxy) is 3. The summed E-state index contributed by atoms with van der Waals surface area (Å²) >= 11 is 0. The summed E-state index contributed by atoms with van der Waals surface area (Å²) < 4.78 is 15.5. The number of hydrogen-bond donors (Lipinski definition) is 2. The van der Waals surface area contributed by atoms with Crippen molar-refractivity contribution in [1.82, 2.24) is 10.3 Å². The molecule has 4 rings (SSSR count). The molecule has 30 heavy (non-hydrogen) atoms. The predicted molar refractivity (Wildman–Crippen MR) is 106 cm³/mol. The quantitative estimate of drug-likeness (QED) is 0.715. The van der Waals surface area contributed by atoms with E-state index in [1.165, 1.54) is 0 Å². The summed E-state index contributed by atoms with van der Waals surface area (Å²) in [4.78, 5) is 42.7. The van der Waals surface area contributed by atoms with Crippen LogP contribution in [0.15, 0.2) is 36.5 Å². The minimum atomic E-state index is -0.756. The number of aromatic nitrogens is 1. The van der Waals surface area contributed by atoms with Gasteiger partial charge in [-0.15, -0.1) is 0 Å². The zero-order valence-electron chi connectivity index (χ0n) is 16.1. The fourth-order valence-corrected chi connectivity index (χ4v) is 3.25. The largest absolute Gasteiger partial charge is 0.454 e. The van der Waals surface area contributed by atoms with Crippen molar-refractivity contribution in [2.45, 2.75) is 12.8 Å². The summed E-state index contributed by atoms with van der Waals surface area (Å²) in [5.74, 6) is 0.191. The molecule has 1 aromatic carbocycles. The zero-order chi connectivity index (χ0) is 20.9. The Bertz CT molecular complexity index is 974. The monoisotopic (exact) mass is 412 g/mol. The number of amides is 3. The molecule has 3 heterocycles. The van der Waals surface area contributed by atoms with Crippen LogP contribution >= 0.6 is 0 Å². The first-order chi connectivity index (χ1) is 14.6. The smallest absolute Gasteiger partial charge is 0.342 e. The summed E-state index contributed by atoms with van der Waals surface area (Å²) in [5, 5.41) is 4.61. The molecule has 2 N–H and O–H groups in total. The fraction of sp³-hybridized carbons (Fsp3) is 0.300. The lowest BCUT2D eigenvalue weighted by Gasteiger charge is -2.18. The number of urea groups is 1. The van der Waals surface area contributed by atoms with E-state index in [2.05, 4.69) is 15.6 Å². The Morgan fingerprint density at radius 2 is 1.90 bits per heavy atom. The number of benzene rings is 1. The first kappa shape index (κ1) is 19.5. The average molecular weight is 412 g/mol. The van der Waals surface area contributed by atoms with Crippen LogP contribution in [0, 0.1) is 0 Å². The first-order valence-corrected chi connectivity index (χ1v) is 9.48. The predicted octanol–water partition coefficient (Wildman–Crippen LogP) is 1.92. The molecule has 2 aliphatic heterocycles. The van der Waals surface area contributed by atoms with Crippen LogP contribution < -0.4 is 25.0 Å². The number of nitrogens with one attached hydrogen (secondary N) is 2. The van der Waals surface area contributed by atoms with Crippen molar-refractivity contribution in [3.63, 3.8) is 0 Å². The molecule has 0 atom stereocenters. The van der Waals surface area contributed by atoms with E-state index in [1.54, 1.807) is 36.5 Å². The summed E-state index contributed by atoms with van der Waals surface area (Å²) in [5.41, 5.74) is 0.712. The molecule has 3 amide bonds. The van der Waals surface area contributed by atoms with E-state index in [0.717, 1.165) is 25.9 Å². The van der Waals surface area contributed by atoms with E-state index >= 15 is 0 Å². The van der Waals surface area contributed by atoms with Crippen LogP contribution in [-0.4, -0.2) is 49.4 Å². The standard InChI is InChI=1S/C20H20N4O6/c25-17(23-20(27)22-13-5-6-15-16(10-13)30-12-29-15)11-28-19(26)14-4-3-7-21-18(14)24-8-1-2-9-24/h3-7,10H,1-2,8-9,11-12H2,(H2,22,23,25,27). The van der Waals surface area contributed by atoms with Crippen molar-refractivity contribution in [1.29, 1.82) is 0 Å². The maximum Gasteiger partial charge on any atom is 0.342 e. The van der Waals surface area contributed by atoms with Crippen LogP contribution in [-0.2, 0) is 9.53 Å². The summed E-state index contributed by atoms with van der Waals surface area (Å²) in [6, 6.07) is 7.32. The van der Waals surface area contributed by atoms with Crippen LogP contribution in [0.5, 0.6) is 11.5 Å². The molecule has 2 aliphatic rings. The maximum absolute atomic E-state index is 12.4. The molecule has 10 nitrogen and oxygen atoms in total. The van der Waals surface area contributed by atoms with Gasteiger partial charge in [0.25, 0.3) is 5.91 Å². The van der Waals surface area contributed by atoms with Gasteiger partial charge >= 0.3 is 12.0 Å². The third-order valence-corrected chi connectivity index (χ3v) is 4.63. The number of carbonyl (C=O) groups is 3. The normalized spacial score (nSPS) is 14.3. The lowest BCUT2D eigenvalue weighted by Crippen LogP contribution is -2.37. The van der Waals surface area contributed by atoms with Crippen molar-refractivity contribution in [2.75, 3.05) is 36.7 Å². The zero-order valence-corrected chi connectivity index (χ0v) is 16.1. The van der Waals surface area contributed by atoms with Crippen molar-refractivity contribution in [2.24, 2.45) is 0 Å². The van der Waals surface area contributed by atoms with Gasteiger partial charge in [-0.25, -0.2) is 14.6 Å². The number of nitrogens with zero attached hydrogens (tertiary/aromatic N) is 2. The van der Waals surface area contributed by atoms with Gasteiger partial charge in [0.2, 0.25) is 6.79 Å². The van der Waals surface area contributed by atoms with E-state index in [0.29, 0.717) is 23.0 Å². The highest BCUT2D eigenvalue weighted by molar-refractivity contribution is 6.03. The lowest BCUT2D eigenvalue weighted by molar-refractivity contribution is -0.123. The molecule has 1 aromatic heterocycles. The lowest BCUT2D eigenvalue weighted by atomic mass is 10.2. The molecule has 1 saturated heterocycles. The molecule has 156 valence electrons. The molecule has 2 aromatic rings. The second kappa shape index (κ2) is 8.68. The Hall–Kier alpha value is -3.82. The number of imide groups is 1. The fourth-order valence-electron chi connectivity index (χ4n) is 3.25. The van der Waals surface area contributed by atoms with Gasteiger partial charge in [-0.1, -0.05) is 0 Å². The molecule has 0 unspecified atom stereocenters. The van der Waals surface area contributed by atoms with Gasteiger partial charge in [0, 0.05) is 31.0 Å². The van der Waals surface area contributed by atoms with Crippen LogP contribution in [0.3, 0.4) is 0 Å². The van der Waals surface area contributed by atoms with Crippen molar-refractivity contribution in [3.8, 4) is 11.5 Å². The van der Waals surface area contributed by atoms with Crippen molar-refractivity contribution in [3.05, 3.63) is 42.1 Å². The van der Waals surface area contributed by atoms with Gasteiger partial charge in [-0.05, 0) is 37.1 Å². The average Bonchev–Trinajstić information content (AvgIpc) is 3.43. The molecule has 0 spiro atoms. The number of hydrogen-bond acceptors (Lipinski definition) is 8. The summed E-state index contributed by atoms with van der Waals surface area (Å²) in [6.07, 6.45) is 3.68. The molecular weight excluding hydrogens is 392 g/mol. The molecule has 1 fully saturated rings. The Kier molecular flexibility index (Phi) is 5.64. The van der Waals surface area contributed by atoms with E-state index in [-0.39, 0.29) is 12.4 Å². The van der Waals surface area contributed by atoms with E-state index in [9.17, 15) is 14.4 Å². The van der Waals surface area contributed by atoms with Crippen LogP contribution in [0.25, 0.3) is 0 Å². The Morgan fingerprint density at radius 1 is 1.10 bits per heavy atom. The third-order valence-electron chi connectivity index (χ3n) is 4.63. The molecule has 0 bridgehead atoms. The third kappa shape index (κ3) is 4.43. The van der Waals surface area contributed by atoms with Gasteiger partial charge < -0.3 is 24.4 Å². The molecule has 0 aliphatic carbocycles. The second-order valence-corrected chi connectivity index (χ2v) is 6.72. The number of fused-ring (bicyclic) bond motifs is 1. The van der Waals surface area contributed by atoms with Gasteiger partial charge in [0.15, 0.2) is 18.1 Å². The molecular formula is C20H20N4O6. The van der Waals surface area contributed by atoms with E-state index < -0.39 is 24.5 Å². The highest BCUT2D eigenvalue weighted by atomic mass is 16.7. The SMILES string of the molecule is O=C(COC(=O)c1cccnc1N1CCCC1)NC(=O)Nc1ccc2c(c1)OCO2. The van der Waals surface area contributed by atoms with Crippen molar-refractivity contribution < 1.29 is 28.6 Å². The van der Waals surface area contributed by atoms with Crippen LogP contribution in [0.4, 0.5) is 16.3 Å². The molecule has 0 radical (unpaired) electrons. The second-order valence-electron chi connectivity index (χ2n) is 6.72. The Balaban J connectivity index is 1.28. The van der Waals surface area contributed by atoms with Crippen molar-refractivity contribution >= 4 is 29.4 Å². The van der Waals surface area contributed by atoms with E-state index in [4.69, 9.17) is 14.2 Å². The molecule has 10 heteroatoms. The highest BCUT2D eigenvalue weighted by Crippen LogP contribution is 2.34. The number of rotatable bonds is 5. The minimum absolute atomic E-state index is 0.116. The number of esters is 1. The van der Waals surface area contributed by atoms with Gasteiger partial charge in [-0.3, -0.25) is 10.1 Å². The number of anilines is 2. The van der Waals surface area contributed by atoms with Crippen LogP contribution in [0.1, 0.15) is 23.2 Å². The number of carbonyl (C=O) groups excluding carboxylic acids is 3. The van der Waals surface area contributed by atoms with E-state index in [1.807, 2.05) is 4.90 Å². The van der Waals surface area contributed by atoms with Gasteiger partial charge in [0.1, 0.15) is 11.4 Å². The molecule has 0 saturated carbocycles. The first-order valence-electron chi connectivity index (χ1n) is 9.48. The topological polar surface area (TPSA) is 119 Å². The summed E-state index contributed by atoms with van der Waals surface area (Å²) in [6.45, 7) is 1.16. The van der Waals surface area contributed by atoms with Crippen LogP contribution in [0.2, 0.25) is 0 Å². The Labute approximate surface area is 172 Å². The summed E-state index contributed by atoms with van der Waals surface area (Å²) in [7, 11) is 0. The number of pyridine rings is 1.